The zero-order chi connectivity index (χ0) is 13.1. The molecule has 0 aromatic heterocycles. The lowest BCUT2D eigenvalue weighted by molar-refractivity contribution is 1.02. The Morgan fingerprint density at radius 3 is 1.60 bits per heavy atom. The first kappa shape index (κ1) is 10.8. The van der Waals surface area contributed by atoms with Crippen molar-refractivity contribution >= 4 is 45.2 Å². The molecular formula is C14H8N4S2. The largest absolute Gasteiger partial charge is 0.214 e. The number of benzene rings is 2. The van der Waals surface area contributed by atoms with Crippen molar-refractivity contribution in [2.45, 2.75) is 9.79 Å². The van der Waals surface area contributed by atoms with Crippen molar-refractivity contribution in [1.82, 2.24) is 0 Å². The molecule has 3 heterocycles. The van der Waals surface area contributed by atoms with Gasteiger partial charge in [-0.3, -0.25) is 0 Å². The molecule has 0 atom stereocenters. The van der Waals surface area contributed by atoms with E-state index in [1.54, 1.807) is 23.5 Å². The fraction of sp³-hybridized carbons (Fsp3) is 0. The quantitative estimate of drug-likeness (QED) is 0.740. The molecule has 4 nitrogen and oxygen atoms in total. The minimum Gasteiger partial charge on any atom is -0.204 e. The summed E-state index contributed by atoms with van der Waals surface area (Å²) in [5, 5.41) is 15.2. The minimum atomic E-state index is 0.909. The van der Waals surface area contributed by atoms with Crippen LogP contribution in [-0.2, 0) is 0 Å². The van der Waals surface area contributed by atoms with Gasteiger partial charge in [0.1, 0.15) is 0 Å². The molecule has 96 valence electrons. The van der Waals surface area contributed by atoms with Gasteiger partial charge in [-0.25, -0.2) is 10.0 Å². The van der Waals surface area contributed by atoms with Gasteiger partial charge >= 0.3 is 0 Å². The second kappa shape index (κ2) is 3.80. The lowest BCUT2D eigenvalue weighted by Gasteiger charge is -2.23. The number of fused-ring (bicyclic) bond motifs is 6. The summed E-state index contributed by atoms with van der Waals surface area (Å²) in [4.78, 5) is 2.41. The van der Waals surface area contributed by atoms with Gasteiger partial charge in [-0.2, -0.15) is 0 Å². The van der Waals surface area contributed by atoms with Crippen LogP contribution in [0.3, 0.4) is 0 Å². The summed E-state index contributed by atoms with van der Waals surface area (Å²) in [5.41, 5.74) is 2.22. The number of amidine groups is 2. The van der Waals surface area contributed by atoms with Crippen LogP contribution in [-0.4, -0.2) is 10.3 Å². The van der Waals surface area contributed by atoms with Gasteiger partial charge in [-0.1, -0.05) is 24.3 Å². The summed E-state index contributed by atoms with van der Waals surface area (Å²) in [7, 11) is 0. The fourth-order valence-corrected chi connectivity index (χ4v) is 4.32. The van der Waals surface area contributed by atoms with Crippen molar-refractivity contribution in [3.8, 4) is 0 Å². The molecule has 0 radical (unpaired) electrons. The Kier molecular flexibility index (Phi) is 2.06. The maximum absolute atomic E-state index is 4.75. The Labute approximate surface area is 124 Å². The number of para-hydroxylation sites is 2. The molecule has 0 bridgehead atoms. The van der Waals surface area contributed by atoms with Crippen molar-refractivity contribution in [1.29, 1.82) is 0 Å². The predicted molar refractivity (Wildman–Crippen MR) is 84.4 cm³/mol. The van der Waals surface area contributed by atoms with Crippen LogP contribution in [0.5, 0.6) is 0 Å². The van der Waals surface area contributed by atoms with Crippen molar-refractivity contribution in [2.24, 2.45) is 10.2 Å². The fourth-order valence-electron chi connectivity index (χ4n) is 2.42. The highest BCUT2D eigenvalue weighted by Gasteiger charge is 2.36. The van der Waals surface area contributed by atoms with E-state index >= 15 is 0 Å². The van der Waals surface area contributed by atoms with Crippen molar-refractivity contribution in [3.63, 3.8) is 0 Å². The summed E-state index contributed by atoms with van der Waals surface area (Å²) in [6.07, 6.45) is 0. The Morgan fingerprint density at radius 1 is 0.650 bits per heavy atom. The molecule has 2 aromatic rings. The van der Waals surface area contributed by atoms with Crippen LogP contribution < -0.4 is 10.0 Å². The van der Waals surface area contributed by atoms with E-state index < -0.39 is 0 Å². The van der Waals surface area contributed by atoms with Crippen LogP contribution in [0.15, 0.2) is 68.5 Å². The van der Waals surface area contributed by atoms with Gasteiger partial charge in [-0.05, 0) is 47.8 Å². The Bertz CT molecular complexity index is 732. The first-order valence-electron chi connectivity index (χ1n) is 6.21. The van der Waals surface area contributed by atoms with Gasteiger partial charge in [-0.15, -0.1) is 10.2 Å². The first-order chi connectivity index (χ1) is 9.90. The average Bonchev–Trinajstić information content (AvgIpc) is 3.02. The predicted octanol–water partition coefficient (Wildman–Crippen LogP) is 3.77. The van der Waals surface area contributed by atoms with Gasteiger partial charge in [0.25, 0.3) is 0 Å². The molecule has 3 aliphatic rings. The molecule has 0 amide bonds. The van der Waals surface area contributed by atoms with Crippen LogP contribution in [0.4, 0.5) is 11.4 Å². The second-order valence-electron chi connectivity index (χ2n) is 4.53. The first-order valence-corrected chi connectivity index (χ1v) is 7.85. The summed E-state index contributed by atoms with van der Waals surface area (Å²) >= 11 is 3.32. The van der Waals surface area contributed by atoms with E-state index in [1.165, 1.54) is 9.79 Å². The zero-order valence-electron chi connectivity index (χ0n) is 10.2. The third-order valence-corrected chi connectivity index (χ3v) is 5.33. The number of hydrogen-bond acceptors (Lipinski definition) is 6. The Hall–Kier alpha value is -1.92. The lowest BCUT2D eigenvalue weighted by atomic mass is 10.3. The molecule has 0 unspecified atom stereocenters. The van der Waals surface area contributed by atoms with Crippen molar-refractivity contribution in [3.05, 3.63) is 48.5 Å². The highest BCUT2D eigenvalue weighted by Crippen LogP contribution is 2.47. The molecular weight excluding hydrogens is 288 g/mol. The number of thioether (sulfide) groups is 2. The van der Waals surface area contributed by atoms with E-state index in [0.717, 1.165) is 21.7 Å². The summed E-state index contributed by atoms with van der Waals surface area (Å²) < 4.78 is 0. The molecule has 0 N–H and O–H groups in total. The van der Waals surface area contributed by atoms with Gasteiger partial charge in [0, 0.05) is 9.79 Å². The monoisotopic (exact) mass is 296 g/mol. The molecule has 0 saturated carbocycles. The van der Waals surface area contributed by atoms with Crippen LogP contribution in [0.1, 0.15) is 0 Å². The number of hydrazone groups is 2. The Balaban J connectivity index is 1.66. The standard InChI is InChI=1S/C14H8N4S2/c1-3-7-11-9(5-1)17-13(19-11)16-18-10-6-2-4-8-12(10)20-14(18)15-17/h1-8H. The number of rotatable bonds is 0. The maximum atomic E-state index is 4.75. The molecule has 0 saturated heterocycles. The lowest BCUT2D eigenvalue weighted by Crippen LogP contribution is -2.33. The van der Waals surface area contributed by atoms with E-state index in [0.29, 0.717) is 0 Å². The van der Waals surface area contributed by atoms with E-state index in [1.807, 2.05) is 34.3 Å². The molecule has 0 aliphatic carbocycles. The van der Waals surface area contributed by atoms with E-state index in [-0.39, 0.29) is 0 Å². The van der Waals surface area contributed by atoms with Crippen molar-refractivity contribution < 1.29 is 0 Å². The molecule has 0 spiro atoms. The third kappa shape index (κ3) is 1.35. The normalized spacial score (nSPS) is 18.0. The SMILES string of the molecule is c1ccc2c(c1)SC1=NN3C(=NN12)Sc1ccccc13. The van der Waals surface area contributed by atoms with E-state index in [9.17, 15) is 0 Å². The molecule has 2 aromatic carbocycles. The minimum absolute atomic E-state index is 0.909. The highest BCUT2D eigenvalue weighted by atomic mass is 32.2. The average molecular weight is 296 g/mol. The highest BCUT2D eigenvalue weighted by molar-refractivity contribution is 8.15. The summed E-state index contributed by atoms with van der Waals surface area (Å²) in [6, 6.07) is 16.5. The van der Waals surface area contributed by atoms with E-state index in [2.05, 4.69) is 24.3 Å². The number of anilines is 2. The van der Waals surface area contributed by atoms with Gasteiger partial charge in [0.15, 0.2) is 0 Å². The van der Waals surface area contributed by atoms with Crippen molar-refractivity contribution in [2.75, 3.05) is 10.0 Å². The molecule has 3 aliphatic heterocycles. The summed E-state index contributed by atoms with van der Waals surface area (Å²) in [5.74, 6) is 0. The Morgan fingerprint density at radius 2 is 1.10 bits per heavy atom. The van der Waals surface area contributed by atoms with Gasteiger partial charge in [0.05, 0.1) is 11.4 Å². The number of nitrogens with zero attached hydrogens (tertiary/aromatic N) is 4. The number of hydrogen-bond donors (Lipinski definition) is 0. The van der Waals surface area contributed by atoms with Gasteiger partial charge in [0.2, 0.25) is 10.3 Å². The topological polar surface area (TPSA) is 31.2 Å². The maximum Gasteiger partial charge on any atom is 0.214 e. The molecule has 0 fully saturated rings. The van der Waals surface area contributed by atoms with Crippen LogP contribution in [0.25, 0.3) is 0 Å². The third-order valence-electron chi connectivity index (χ3n) is 3.32. The zero-order valence-corrected chi connectivity index (χ0v) is 11.9. The van der Waals surface area contributed by atoms with Crippen LogP contribution in [0, 0.1) is 0 Å². The van der Waals surface area contributed by atoms with Gasteiger partial charge < -0.3 is 0 Å². The molecule has 6 heteroatoms. The van der Waals surface area contributed by atoms with Crippen LogP contribution >= 0.6 is 23.5 Å². The smallest absolute Gasteiger partial charge is 0.204 e. The molecule has 5 rings (SSSR count). The molecule has 20 heavy (non-hydrogen) atoms. The van der Waals surface area contributed by atoms with E-state index in [4.69, 9.17) is 10.2 Å². The van der Waals surface area contributed by atoms with Crippen LogP contribution in [0.2, 0.25) is 0 Å². The second-order valence-corrected chi connectivity index (χ2v) is 6.55. The summed E-state index contributed by atoms with van der Waals surface area (Å²) in [6.45, 7) is 0.